The summed E-state index contributed by atoms with van der Waals surface area (Å²) < 4.78 is 11.0. The summed E-state index contributed by atoms with van der Waals surface area (Å²) in [5, 5.41) is 3.44. The van der Waals surface area contributed by atoms with Gasteiger partial charge < -0.3 is 0 Å². The van der Waals surface area contributed by atoms with Crippen molar-refractivity contribution in [1.29, 1.82) is 0 Å². The number of hydrogen-bond donors (Lipinski definition) is 1. The Hall–Kier alpha value is -1.65. The number of nitrogens with one attached hydrogen (secondary N) is 1. The number of fused-ring (bicyclic) bond motifs is 1. The molecule has 0 bridgehead atoms. The van der Waals surface area contributed by atoms with Gasteiger partial charge in [0.1, 0.15) is 0 Å². The fourth-order valence-corrected chi connectivity index (χ4v) is 3.22. The molecule has 1 aromatic carbocycles. The summed E-state index contributed by atoms with van der Waals surface area (Å²) in [6.45, 7) is 5.06. The number of rotatable bonds is 4. The molecule has 19 heavy (non-hydrogen) atoms. The third-order valence-electron chi connectivity index (χ3n) is 3.05. The molecule has 0 fully saturated rings. The van der Waals surface area contributed by atoms with Gasteiger partial charge in [0, 0.05) is 0 Å². The van der Waals surface area contributed by atoms with E-state index in [9.17, 15) is 0 Å². The van der Waals surface area contributed by atoms with Crippen LogP contribution in [0.2, 0.25) is 0 Å². The Morgan fingerprint density at radius 3 is 3.05 bits per heavy atom. The number of anilines is 1. The second kappa shape index (κ2) is 5.15. The molecule has 3 rings (SSSR count). The van der Waals surface area contributed by atoms with E-state index in [0.29, 0.717) is 6.04 Å². The first-order valence-electron chi connectivity index (χ1n) is 6.21. The topological polar surface area (TPSA) is 55.6 Å². The SMILES string of the molecule is CC(C)n1cncc1CNc1cccc2n[se]nc12. The molecular formula is C13H15N5Se. The normalized spacial score (nSPS) is 11.3. The summed E-state index contributed by atoms with van der Waals surface area (Å²) in [5.41, 5.74) is 4.23. The minimum absolute atomic E-state index is 0.0137. The number of aromatic nitrogens is 4. The fraction of sp³-hybridized carbons (Fsp3) is 0.308. The van der Waals surface area contributed by atoms with Crippen molar-refractivity contribution in [2.45, 2.75) is 26.4 Å². The van der Waals surface area contributed by atoms with Crippen LogP contribution in [-0.4, -0.2) is 32.5 Å². The maximum atomic E-state index is 4.47. The molecule has 0 amide bonds. The van der Waals surface area contributed by atoms with Crippen LogP contribution in [0, 0.1) is 0 Å². The molecular weight excluding hydrogens is 305 g/mol. The summed E-state index contributed by atoms with van der Waals surface area (Å²) in [4.78, 5) is 4.21. The second-order valence-corrected chi connectivity index (χ2v) is 5.79. The number of benzene rings is 1. The van der Waals surface area contributed by atoms with Gasteiger partial charge in [-0.3, -0.25) is 0 Å². The van der Waals surface area contributed by atoms with E-state index < -0.39 is 0 Å². The van der Waals surface area contributed by atoms with Gasteiger partial charge in [-0.15, -0.1) is 0 Å². The summed E-state index contributed by atoms with van der Waals surface area (Å²) >= 11 is 0.0137. The molecule has 0 spiro atoms. The quantitative estimate of drug-likeness (QED) is 0.748. The Morgan fingerprint density at radius 1 is 1.32 bits per heavy atom. The molecule has 5 nitrogen and oxygen atoms in total. The van der Waals surface area contributed by atoms with Crippen molar-refractivity contribution >= 4 is 31.7 Å². The molecule has 0 radical (unpaired) electrons. The average molecular weight is 320 g/mol. The monoisotopic (exact) mass is 321 g/mol. The summed E-state index contributed by atoms with van der Waals surface area (Å²) in [5.74, 6) is 0. The van der Waals surface area contributed by atoms with Gasteiger partial charge in [-0.2, -0.15) is 0 Å². The standard InChI is InChI=1S/C13H15N5Se/c1-9(2)18-8-14-6-10(18)7-15-11-4-3-5-12-13(11)17-19-16-12/h3-6,8-9,15H,7H2,1-2H3. The van der Waals surface area contributed by atoms with E-state index in [1.807, 2.05) is 24.7 Å². The number of hydrogen-bond acceptors (Lipinski definition) is 4. The van der Waals surface area contributed by atoms with Gasteiger partial charge in [0.05, 0.1) is 0 Å². The molecule has 3 aromatic rings. The number of imidazole rings is 1. The molecule has 0 unspecified atom stereocenters. The van der Waals surface area contributed by atoms with Crippen molar-refractivity contribution < 1.29 is 0 Å². The molecule has 2 aromatic heterocycles. The summed E-state index contributed by atoms with van der Waals surface area (Å²) in [7, 11) is 0. The second-order valence-electron chi connectivity index (χ2n) is 4.68. The first kappa shape index (κ1) is 12.4. The number of nitrogens with zero attached hydrogens (tertiary/aromatic N) is 4. The zero-order valence-corrected chi connectivity index (χ0v) is 12.6. The summed E-state index contributed by atoms with van der Waals surface area (Å²) in [6, 6.07) is 6.50. The molecule has 1 N–H and O–H groups in total. The predicted molar refractivity (Wildman–Crippen MR) is 76.4 cm³/mol. The van der Waals surface area contributed by atoms with Crippen LogP contribution in [0.1, 0.15) is 25.6 Å². The Balaban J connectivity index is 1.82. The Kier molecular flexibility index (Phi) is 3.36. The van der Waals surface area contributed by atoms with Crippen molar-refractivity contribution in [1.82, 2.24) is 17.5 Å². The van der Waals surface area contributed by atoms with Gasteiger partial charge in [0.2, 0.25) is 0 Å². The Morgan fingerprint density at radius 2 is 2.21 bits per heavy atom. The molecule has 0 aliphatic carbocycles. The van der Waals surface area contributed by atoms with Crippen molar-refractivity contribution in [2.75, 3.05) is 5.32 Å². The molecule has 0 saturated carbocycles. The average Bonchev–Trinajstić information content (AvgIpc) is 3.04. The minimum atomic E-state index is 0.0137. The molecule has 0 aliphatic heterocycles. The van der Waals surface area contributed by atoms with Crippen molar-refractivity contribution in [3.8, 4) is 0 Å². The van der Waals surface area contributed by atoms with E-state index in [1.165, 1.54) is 5.69 Å². The zero-order chi connectivity index (χ0) is 13.2. The van der Waals surface area contributed by atoms with E-state index in [-0.39, 0.29) is 15.0 Å². The van der Waals surface area contributed by atoms with Crippen molar-refractivity contribution in [2.24, 2.45) is 0 Å². The third kappa shape index (κ3) is 2.41. The van der Waals surface area contributed by atoms with E-state index >= 15 is 0 Å². The first-order valence-corrected chi connectivity index (χ1v) is 7.75. The van der Waals surface area contributed by atoms with Gasteiger partial charge in [-0.05, 0) is 0 Å². The van der Waals surface area contributed by atoms with Crippen LogP contribution in [0.15, 0.2) is 30.7 Å². The van der Waals surface area contributed by atoms with Crippen LogP contribution in [0.25, 0.3) is 11.0 Å². The fourth-order valence-electron chi connectivity index (χ4n) is 2.07. The zero-order valence-electron chi connectivity index (χ0n) is 10.9. The van der Waals surface area contributed by atoms with Crippen molar-refractivity contribution in [3.05, 3.63) is 36.4 Å². The van der Waals surface area contributed by atoms with E-state index in [1.54, 1.807) is 0 Å². The van der Waals surface area contributed by atoms with E-state index in [4.69, 9.17) is 0 Å². The van der Waals surface area contributed by atoms with Crippen LogP contribution in [0.4, 0.5) is 5.69 Å². The molecule has 2 heterocycles. The third-order valence-corrected chi connectivity index (χ3v) is 4.19. The van der Waals surface area contributed by atoms with Gasteiger partial charge in [-0.25, -0.2) is 0 Å². The van der Waals surface area contributed by atoms with Crippen LogP contribution in [0.3, 0.4) is 0 Å². The van der Waals surface area contributed by atoms with Crippen LogP contribution in [0.5, 0.6) is 0 Å². The van der Waals surface area contributed by atoms with Crippen LogP contribution >= 0.6 is 0 Å². The summed E-state index contributed by atoms with van der Waals surface area (Å²) in [6.07, 6.45) is 3.78. The molecule has 0 saturated heterocycles. The maximum absolute atomic E-state index is 4.47. The Labute approximate surface area is 117 Å². The molecule has 6 heteroatoms. The Bertz CT molecular complexity index is 685. The van der Waals surface area contributed by atoms with Crippen LogP contribution in [-0.2, 0) is 6.54 Å². The molecule has 0 atom stereocenters. The molecule has 98 valence electrons. The van der Waals surface area contributed by atoms with Gasteiger partial charge in [-0.1, -0.05) is 0 Å². The van der Waals surface area contributed by atoms with Gasteiger partial charge >= 0.3 is 117 Å². The van der Waals surface area contributed by atoms with Crippen LogP contribution < -0.4 is 5.32 Å². The van der Waals surface area contributed by atoms with Crippen molar-refractivity contribution in [3.63, 3.8) is 0 Å². The van der Waals surface area contributed by atoms with E-state index in [0.717, 1.165) is 23.3 Å². The van der Waals surface area contributed by atoms with Gasteiger partial charge in [0.15, 0.2) is 0 Å². The van der Waals surface area contributed by atoms with Gasteiger partial charge in [0.25, 0.3) is 0 Å². The molecule has 0 aliphatic rings. The predicted octanol–water partition coefficient (Wildman–Crippen LogP) is 2.08. The first-order chi connectivity index (χ1) is 9.25. The van der Waals surface area contributed by atoms with E-state index in [2.05, 4.69) is 42.7 Å².